The van der Waals surface area contributed by atoms with Gasteiger partial charge in [0.1, 0.15) is 0 Å². The maximum atomic E-state index is 12.1. The molecule has 1 amide bonds. The van der Waals surface area contributed by atoms with Crippen LogP contribution in [-0.2, 0) is 14.6 Å². The minimum absolute atomic E-state index is 0.120. The second-order valence-electron chi connectivity index (χ2n) is 6.77. The molecule has 0 heterocycles. The van der Waals surface area contributed by atoms with Crippen molar-refractivity contribution in [1.29, 1.82) is 0 Å². The molecular formula is C18H25NO5S. The van der Waals surface area contributed by atoms with Crippen LogP contribution in [0.3, 0.4) is 0 Å². The third-order valence-corrected chi connectivity index (χ3v) is 5.70. The first kappa shape index (κ1) is 19.4. The Balaban J connectivity index is 1.97. The number of carbonyl (C=O) groups is 2. The Kier molecular flexibility index (Phi) is 6.58. The Hall–Kier alpha value is -1.89. The Bertz CT molecular complexity index is 736. The number of anilines is 1. The number of sulfone groups is 1. The number of aromatic carboxylic acids is 1. The number of nitrogens with one attached hydrogen (secondary N) is 1. The predicted octanol–water partition coefficient (Wildman–Crippen LogP) is 3.48. The first-order valence-corrected chi connectivity index (χ1v) is 10.5. The first-order valence-electron chi connectivity index (χ1n) is 8.64. The van der Waals surface area contributed by atoms with Crippen molar-refractivity contribution in [3.05, 3.63) is 23.8 Å². The number of rotatable bonds is 7. The fourth-order valence-corrected chi connectivity index (χ4v) is 3.94. The van der Waals surface area contributed by atoms with Crippen molar-refractivity contribution in [3.8, 4) is 0 Å². The summed E-state index contributed by atoms with van der Waals surface area (Å²) in [4.78, 5) is 23.1. The summed E-state index contributed by atoms with van der Waals surface area (Å²) in [6.07, 6.45) is 9.48. The number of amides is 1. The number of hydrogen-bond donors (Lipinski definition) is 2. The smallest absolute Gasteiger partial charge is 0.335 e. The van der Waals surface area contributed by atoms with Gasteiger partial charge in [-0.15, -0.1) is 0 Å². The number of carboxylic acids is 1. The summed E-state index contributed by atoms with van der Waals surface area (Å²) in [5, 5.41) is 11.7. The largest absolute Gasteiger partial charge is 0.478 e. The van der Waals surface area contributed by atoms with E-state index in [-0.39, 0.29) is 22.1 Å². The highest BCUT2D eigenvalue weighted by atomic mass is 32.2. The van der Waals surface area contributed by atoms with E-state index >= 15 is 0 Å². The number of carbonyl (C=O) groups excluding carboxylic acids is 1. The Morgan fingerprint density at radius 1 is 1.16 bits per heavy atom. The molecule has 0 aliphatic heterocycles. The van der Waals surface area contributed by atoms with Gasteiger partial charge < -0.3 is 10.4 Å². The van der Waals surface area contributed by atoms with Crippen LogP contribution in [0.1, 0.15) is 61.7 Å². The Morgan fingerprint density at radius 2 is 1.84 bits per heavy atom. The quantitative estimate of drug-likeness (QED) is 0.768. The lowest BCUT2D eigenvalue weighted by Crippen LogP contribution is -2.14. The molecule has 1 saturated carbocycles. The van der Waals surface area contributed by atoms with Crippen LogP contribution in [0.15, 0.2) is 23.1 Å². The molecule has 2 N–H and O–H groups in total. The Morgan fingerprint density at radius 3 is 2.44 bits per heavy atom. The lowest BCUT2D eigenvalue weighted by atomic mass is 9.86. The molecule has 1 aliphatic rings. The minimum Gasteiger partial charge on any atom is -0.478 e. The number of hydrogen-bond acceptors (Lipinski definition) is 4. The van der Waals surface area contributed by atoms with Gasteiger partial charge in [0.05, 0.1) is 10.5 Å². The summed E-state index contributed by atoms with van der Waals surface area (Å²) in [5.74, 6) is -0.759. The topological polar surface area (TPSA) is 101 Å². The van der Waals surface area contributed by atoms with Gasteiger partial charge in [-0.1, -0.05) is 32.1 Å². The summed E-state index contributed by atoms with van der Waals surface area (Å²) in [6, 6.07) is 3.66. The molecule has 0 aromatic heterocycles. The normalized spacial score (nSPS) is 15.7. The van der Waals surface area contributed by atoms with E-state index in [1.54, 1.807) is 0 Å². The van der Waals surface area contributed by atoms with Crippen molar-refractivity contribution >= 4 is 27.4 Å². The first-order chi connectivity index (χ1) is 11.8. The van der Waals surface area contributed by atoms with E-state index in [1.807, 2.05) is 0 Å². The van der Waals surface area contributed by atoms with Gasteiger partial charge in [0.25, 0.3) is 0 Å². The van der Waals surface area contributed by atoms with Crippen LogP contribution in [0.5, 0.6) is 0 Å². The van der Waals surface area contributed by atoms with E-state index in [9.17, 15) is 18.0 Å². The molecule has 6 nitrogen and oxygen atoms in total. The molecule has 0 atom stereocenters. The lowest BCUT2D eigenvalue weighted by Gasteiger charge is -2.21. The molecule has 0 spiro atoms. The van der Waals surface area contributed by atoms with Gasteiger partial charge >= 0.3 is 5.97 Å². The van der Waals surface area contributed by atoms with Crippen LogP contribution < -0.4 is 5.32 Å². The molecule has 25 heavy (non-hydrogen) atoms. The van der Waals surface area contributed by atoms with Crippen LogP contribution in [-0.4, -0.2) is 31.7 Å². The zero-order valence-corrected chi connectivity index (χ0v) is 15.3. The van der Waals surface area contributed by atoms with E-state index in [0.717, 1.165) is 25.2 Å². The van der Waals surface area contributed by atoms with Crippen molar-refractivity contribution in [2.24, 2.45) is 5.92 Å². The number of benzene rings is 1. The highest BCUT2D eigenvalue weighted by Gasteiger charge is 2.16. The zero-order valence-electron chi connectivity index (χ0n) is 14.5. The molecule has 0 unspecified atom stereocenters. The molecule has 1 aliphatic carbocycles. The highest BCUT2D eigenvalue weighted by Crippen LogP contribution is 2.28. The van der Waals surface area contributed by atoms with Gasteiger partial charge in [-0.05, 0) is 37.0 Å². The second-order valence-corrected chi connectivity index (χ2v) is 8.78. The van der Waals surface area contributed by atoms with Crippen LogP contribution >= 0.6 is 0 Å². The van der Waals surface area contributed by atoms with Crippen LogP contribution in [0.4, 0.5) is 5.69 Å². The van der Waals surface area contributed by atoms with Crippen molar-refractivity contribution in [3.63, 3.8) is 0 Å². The molecule has 7 heteroatoms. The van der Waals surface area contributed by atoms with Crippen LogP contribution in [0.25, 0.3) is 0 Å². The third-order valence-electron chi connectivity index (χ3n) is 4.61. The van der Waals surface area contributed by atoms with Gasteiger partial charge in [0.15, 0.2) is 9.84 Å². The van der Waals surface area contributed by atoms with Gasteiger partial charge in [-0.2, -0.15) is 0 Å². The Labute approximate surface area is 148 Å². The van der Waals surface area contributed by atoms with Gasteiger partial charge in [0.2, 0.25) is 5.91 Å². The summed E-state index contributed by atoms with van der Waals surface area (Å²) < 4.78 is 23.4. The van der Waals surface area contributed by atoms with Gasteiger partial charge in [0, 0.05) is 18.4 Å². The van der Waals surface area contributed by atoms with Crippen molar-refractivity contribution in [1.82, 2.24) is 0 Å². The number of carboxylic acid groups (broad SMARTS) is 1. The summed E-state index contributed by atoms with van der Waals surface area (Å²) in [7, 11) is -3.56. The third kappa shape index (κ3) is 6.16. The molecule has 0 bridgehead atoms. The SMILES string of the molecule is CS(=O)(=O)c1cc(NC(=O)CCCC2CCCCC2)cc(C(=O)O)c1. The van der Waals surface area contributed by atoms with Gasteiger partial charge in [-0.3, -0.25) is 4.79 Å². The molecule has 2 rings (SSSR count). The maximum Gasteiger partial charge on any atom is 0.335 e. The van der Waals surface area contributed by atoms with E-state index in [1.165, 1.54) is 44.2 Å². The molecule has 1 aromatic rings. The molecule has 138 valence electrons. The van der Waals surface area contributed by atoms with E-state index < -0.39 is 15.8 Å². The van der Waals surface area contributed by atoms with Crippen molar-refractivity contribution < 1.29 is 23.1 Å². The fraction of sp³-hybridized carbons (Fsp3) is 0.556. The molecule has 0 saturated heterocycles. The van der Waals surface area contributed by atoms with Crippen LogP contribution in [0, 0.1) is 5.92 Å². The summed E-state index contributed by atoms with van der Waals surface area (Å²) >= 11 is 0. The van der Waals surface area contributed by atoms with E-state index in [2.05, 4.69) is 5.32 Å². The second kappa shape index (κ2) is 8.47. The van der Waals surface area contributed by atoms with Crippen LogP contribution in [0.2, 0.25) is 0 Å². The molecular weight excluding hydrogens is 342 g/mol. The molecule has 1 fully saturated rings. The average molecular weight is 367 g/mol. The summed E-state index contributed by atoms with van der Waals surface area (Å²) in [5.41, 5.74) is 0.0309. The predicted molar refractivity (Wildman–Crippen MR) is 95.6 cm³/mol. The zero-order chi connectivity index (χ0) is 18.4. The standard InChI is InChI=1S/C18H25NO5S/c1-25(23,24)16-11-14(18(21)22)10-15(12-16)19-17(20)9-5-8-13-6-3-2-4-7-13/h10-13H,2-9H2,1H3,(H,19,20)(H,21,22). The lowest BCUT2D eigenvalue weighted by molar-refractivity contribution is -0.116. The van der Waals surface area contributed by atoms with Crippen molar-refractivity contribution in [2.45, 2.75) is 56.3 Å². The monoisotopic (exact) mass is 367 g/mol. The highest BCUT2D eigenvalue weighted by molar-refractivity contribution is 7.90. The van der Waals surface area contributed by atoms with Crippen molar-refractivity contribution in [2.75, 3.05) is 11.6 Å². The molecule has 1 aromatic carbocycles. The van der Waals surface area contributed by atoms with E-state index in [0.29, 0.717) is 12.3 Å². The summed E-state index contributed by atoms with van der Waals surface area (Å²) in [6.45, 7) is 0. The van der Waals surface area contributed by atoms with Gasteiger partial charge in [-0.25, -0.2) is 13.2 Å². The fourth-order valence-electron chi connectivity index (χ4n) is 3.26. The van der Waals surface area contributed by atoms with E-state index in [4.69, 9.17) is 5.11 Å². The average Bonchev–Trinajstić information content (AvgIpc) is 2.54. The molecule has 0 radical (unpaired) electrons. The maximum absolute atomic E-state index is 12.1. The minimum atomic E-state index is -3.56.